The van der Waals surface area contributed by atoms with Crippen LogP contribution in [-0.4, -0.2) is 18.3 Å². The van der Waals surface area contributed by atoms with Crippen LogP contribution in [0.4, 0.5) is 4.39 Å². The Balaban J connectivity index is 3.10. The molecule has 0 heterocycles. The van der Waals surface area contributed by atoms with Gasteiger partial charge in [0.2, 0.25) is 0 Å². The topological polar surface area (TPSA) is 55.5 Å². The fraction of sp³-hybridized carbons (Fsp3) is 0.538. The number of hydrogen-bond acceptors (Lipinski definition) is 3. The number of benzene rings is 1. The second-order valence-electron chi connectivity index (χ2n) is 5.22. The molecule has 17 heavy (non-hydrogen) atoms. The van der Waals surface area contributed by atoms with E-state index in [9.17, 15) is 9.50 Å². The van der Waals surface area contributed by atoms with E-state index in [-0.39, 0.29) is 5.41 Å². The smallest absolute Gasteiger partial charge is 0.123 e. The highest BCUT2D eigenvalue weighted by Gasteiger charge is 2.30. The lowest BCUT2D eigenvalue weighted by atomic mass is 9.82. The summed E-state index contributed by atoms with van der Waals surface area (Å²) in [6, 6.07) is 3.44. The molecule has 0 saturated carbocycles. The van der Waals surface area contributed by atoms with E-state index in [1.54, 1.807) is 0 Å². The third-order valence-electron chi connectivity index (χ3n) is 2.78. The van der Waals surface area contributed by atoms with Crippen molar-refractivity contribution in [2.24, 2.45) is 11.1 Å². The molecule has 0 saturated heterocycles. The van der Waals surface area contributed by atoms with E-state index >= 15 is 0 Å². The summed E-state index contributed by atoms with van der Waals surface area (Å²) in [6.45, 7) is 5.63. The van der Waals surface area contributed by atoms with Crippen molar-refractivity contribution in [2.75, 3.05) is 7.11 Å². The Morgan fingerprint density at radius 1 is 1.35 bits per heavy atom. The highest BCUT2D eigenvalue weighted by Crippen LogP contribution is 2.33. The van der Waals surface area contributed by atoms with Gasteiger partial charge in [-0.05, 0) is 23.6 Å². The van der Waals surface area contributed by atoms with Gasteiger partial charge < -0.3 is 15.6 Å². The number of methoxy groups -OCH3 is 1. The molecule has 0 aliphatic rings. The zero-order valence-electron chi connectivity index (χ0n) is 10.7. The summed E-state index contributed by atoms with van der Waals surface area (Å²) in [5.41, 5.74) is 6.08. The summed E-state index contributed by atoms with van der Waals surface area (Å²) in [5.74, 6) is 0.0968. The SMILES string of the molecule is COc1ccc(F)cc1[C@H](N)[C@H](O)C(C)(C)C. The lowest BCUT2D eigenvalue weighted by Crippen LogP contribution is -2.37. The monoisotopic (exact) mass is 241 g/mol. The molecule has 0 radical (unpaired) electrons. The van der Waals surface area contributed by atoms with Crippen molar-refractivity contribution in [1.29, 1.82) is 0 Å². The van der Waals surface area contributed by atoms with Gasteiger partial charge in [0, 0.05) is 5.56 Å². The third kappa shape index (κ3) is 3.17. The molecule has 2 atom stereocenters. The number of aliphatic hydroxyl groups is 1. The average molecular weight is 241 g/mol. The van der Waals surface area contributed by atoms with Crippen LogP contribution in [0, 0.1) is 11.2 Å². The standard InChI is InChI=1S/C13H20FNO2/c1-13(2,3)12(16)11(15)9-7-8(14)5-6-10(9)17-4/h5-7,11-12,16H,15H2,1-4H3/t11-,12-/m0/s1. The van der Waals surface area contributed by atoms with Crippen LogP contribution in [0.5, 0.6) is 5.75 Å². The van der Waals surface area contributed by atoms with Crippen LogP contribution in [0.2, 0.25) is 0 Å². The minimum atomic E-state index is -0.779. The lowest BCUT2D eigenvalue weighted by molar-refractivity contribution is 0.0394. The van der Waals surface area contributed by atoms with Crippen LogP contribution in [-0.2, 0) is 0 Å². The summed E-state index contributed by atoms with van der Waals surface area (Å²) >= 11 is 0. The zero-order valence-corrected chi connectivity index (χ0v) is 10.7. The molecule has 3 N–H and O–H groups in total. The highest BCUT2D eigenvalue weighted by molar-refractivity contribution is 5.37. The van der Waals surface area contributed by atoms with Crippen LogP contribution >= 0.6 is 0 Å². The molecule has 1 aromatic rings. The van der Waals surface area contributed by atoms with Gasteiger partial charge in [-0.2, -0.15) is 0 Å². The summed E-state index contributed by atoms with van der Waals surface area (Å²) in [6.07, 6.45) is -0.779. The molecule has 0 spiro atoms. The molecule has 1 aromatic carbocycles. The maximum Gasteiger partial charge on any atom is 0.123 e. The molecule has 0 aliphatic heterocycles. The predicted molar refractivity (Wildman–Crippen MR) is 65.3 cm³/mol. The second-order valence-corrected chi connectivity index (χ2v) is 5.22. The second kappa shape index (κ2) is 5.02. The van der Waals surface area contributed by atoms with Crippen molar-refractivity contribution >= 4 is 0 Å². The van der Waals surface area contributed by atoms with Crippen LogP contribution in [0.25, 0.3) is 0 Å². The first kappa shape index (κ1) is 13.9. The Morgan fingerprint density at radius 2 is 1.94 bits per heavy atom. The van der Waals surface area contributed by atoms with Crippen molar-refractivity contribution in [2.45, 2.75) is 32.9 Å². The molecular weight excluding hydrogens is 221 g/mol. The summed E-state index contributed by atoms with van der Waals surface area (Å²) in [5, 5.41) is 10.1. The van der Waals surface area contributed by atoms with Crippen molar-refractivity contribution in [3.63, 3.8) is 0 Å². The van der Waals surface area contributed by atoms with Crippen LogP contribution in [0.15, 0.2) is 18.2 Å². The van der Waals surface area contributed by atoms with Crippen LogP contribution < -0.4 is 10.5 Å². The molecule has 96 valence electrons. The van der Waals surface area contributed by atoms with Crippen molar-refractivity contribution in [3.8, 4) is 5.75 Å². The van der Waals surface area contributed by atoms with E-state index < -0.39 is 18.0 Å². The quantitative estimate of drug-likeness (QED) is 0.853. The van der Waals surface area contributed by atoms with Gasteiger partial charge in [0.05, 0.1) is 19.3 Å². The Morgan fingerprint density at radius 3 is 2.41 bits per heavy atom. The minimum Gasteiger partial charge on any atom is -0.496 e. The molecule has 0 amide bonds. The maximum atomic E-state index is 13.2. The highest BCUT2D eigenvalue weighted by atomic mass is 19.1. The zero-order chi connectivity index (χ0) is 13.2. The third-order valence-corrected chi connectivity index (χ3v) is 2.78. The maximum absolute atomic E-state index is 13.2. The normalized spacial score (nSPS) is 15.5. The first-order valence-electron chi connectivity index (χ1n) is 5.54. The van der Waals surface area contributed by atoms with E-state index in [0.29, 0.717) is 11.3 Å². The number of halogens is 1. The lowest BCUT2D eigenvalue weighted by Gasteiger charge is -2.31. The minimum absolute atomic E-state index is 0.378. The molecule has 4 heteroatoms. The predicted octanol–water partition coefficient (Wildman–Crippen LogP) is 2.24. The Hall–Kier alpha value is -1.13. The molecule has 1 rings (SSSR count). The summed E-state index contributed by atoms with van der Waals surface area (Å²) in [4.78, 5) is 0. The number of nitrogens with two attached hydrogens (primary N) is 1. The number of hydrogen-bond donors (Lipinski definition) is 2. The molecule has 0 bridgehead atoms. The molecule has 0 unspecified atom stereocenters. The average Bonchev–Trinajstić information content (AvgIpc) is 2.25. The van der Waals surface area contributed by atoms with E-state index in [1.165, 1.54) is 25.3 Å². The van der Waals surface area contributed by atoms with Gasteiger partial charge in [-0.25, -0.2) is 4.39 Å². The Labute approximate surface area is 101 Å². The molecular formula is C13H20FNO2. The van der Waals surface area contributed by atoms with Gasteiger partial charge in [-0.3, -0.25) is 0 Å². The van der Waals surface area contributed by atoms with Gasteiger partial charge >= 0.3 is 0 Å². The fourth-order valence-corrected chi connectivity index (χ4v) is 1.67. The number of rotatable bonds is 3. The number of aliphatic hydroxyl groups excluding tert-OH is 1. The summed E-state index contributed by atoms with van der Waals surface area (Å²) in [7, 11) is 1.49. The van der Waals surface area contributed by atoms with Gasteiger partial charge in [0.1, 0.15) is 11.6 Å². The van der Waals surface area contributed by atoms with Gasteiger partial charge in [0.25, 0.3) is 0 Å². The van der Waals surface area contributed by atoms with Gasteiger partial charge in [-0.15, -0.1) is 0 Å². The largest absolute Gasteiger partial charge is 0.496 e. The van der Waals surface area contributed by atoms with Crippen molar-refractivity contribution < 1.29 is 14.2 Å². The molecule has 0 aromatic heterocycles. The van der Waals surface area contributed by atoms with E-state index in [1.807, 2.05) is 20.8 Å². The Bertz CT molecular complexity index is 387. The van der Waals surface area contributed by atoms with E-state index in [4.69, 9.17) is 10.5 Å². The molecule has 0 aliphatic carbocycles. The summed E-state index contributed by atoms with van der Waals surface area (Å²) < 4.78 is 18.3. The Kier molecular flexibility index (Phi) is 4.11. The van der Waals surface area contributed by atoms with E-state index in [2.05, 4.69) is 0 Å². The van der Waals surface area contributed by atoms with Crippen molar-refractivity contribution in [1.82, 2.24) is 0 Å². The fourth-order valence-electron chi connectivity index (χ4n) is 1.67. The van der Waals surface area contributed by atoms with E-state index in [0.717, 1.165) is 0 Å². The van der Waals surface area contributed by atoms with Crippen LogP contribution in [0.3, 0.4) is 0 Å². The van der Waals surface area contributed by atoms with Gasteiger partial charge in [0.15, 0.2) is 0 Å². The molecule has 0 fully saturated rings. The van der Waals surface area contributed by atoms with Gasteiger partial charge in [-0.1, -0.05) is 20.8 Å². The first-order valence-corrected chi connectivity index (χ1v) is 5.54. The van der Waals surface area contributed by atoms with Crippen molar-refractivity contribution in [3.05, 3.63) is 29.6 Å². The first-order chi connectivity index (χ1) is 7.77. The molecule has 3 nitrogen and oxygen atoms in total. The number of ether oxygens (including phenoxy) is 1. The van der Waals surface area contributed by atoms with Crippen LogP contribution in [0.1, 0.15) is 32.4 Å².